The Morgan fingerprint density at radius 3 is 2.80 bits per heavy atom. The third-order valence-corrected chi connectivity index (χ3v) is 5.97. The van der Waals surface area contributed by atoms with E-state index >= 15 is 0 Å². The number of piperidine rings is 1. The molecule has 0 saturated carbocycles. The number of likely N-dealkylation sites (tertiary alicyclic amines) is 1. The zero-order chi connectivity index (χ0) is 20.3. The fraction of sp³-hybridized carbons (Fsp3) is 0.550. The van der Waals surface area contributed by atoms with Crippen molar-refractivity contribution in [2.24, 2.45) is 0 Å². The van der Waals surface area contributed by atoms with Gasteiger partial charge in [0.25, 0.3) is 0 Å². The van der Waals surface area contributed by atoms with E-state index in [0.29, 0.717) is 32.1 Å². The minimum Gasteiger partial charge on any atom is -0.379 e. The summed E-state index contributed by atoms with van der Waals surface area (Å²) in [5.41, 5.74) is 0.755. The number of fused-ring (bicyclic) bond motifs is 1. The maximum Gasteiger partial charge on any atom is 0.225 e. The number of aromatic nitrogens is 6. The van der Waals surface area contributed by atoms with Crippen LogP contribution < -0.4 is 0 Å². The molecule has 0 unspecified atom stereocenters. The van der Waals surface area contributed by atoms with Crippen molar-refractivity contribution in [3.8, 4) is 5.82 Å². The van der Waals surface area contributed by atoms with E-state index in [9.17, 15) is 4.79 Å². The summed E-state index contributed by atoms with van der Waals surface area (Å²) in [6, 6.07) is 5.71. The van der Waals surface area contributed by atoms with Crippen LogP contribution in [0.1, 0.15) is 31.0 Å². The first kappa shape index (κ1) is 19.1. The van der Waals surface area contributed by atoms with Crippen LogP contribution in [0.3, 0.4) is 0 Å². The van der Waals surface area contributed by atoms with Crippen LogP contribution in [0.2, 0.25) is 0 Å². The number of nitrogens with zero attached hydrogens (tertiary/aromatic N) is 8. The van der Waals surface area contributed by atoms with Gasteiger partial charge in [-0.3, -0.25) is 4.79 Å². The van der Waals surface area contributed by atoms with Gasteiger partial charge in [-0.25, -0.2) is 4.68 Å². The van der Waals surface area contributed by atoms with Gasteiger partial charge in [0.15, 0.2) is 17.3 Å². The highest BCUT2D eigenvalue weighted by Gasteiger charge is 2.26. The molecule has 0 aromatic carbocycles. The topological polar surface area (TPSA) is 93.7 Å². The van der Waals surface area contributed by atoms with E-state index in [1.807, 2.05) is 33.8 Å². The lowest BCUT2D eigenvalue weighted by atomic mass is 9.96. The Balaban J connectivity index is 1.22. The van der Waals surface area contributed by atoms with Gasteiger partial charge in [-0.15, -0.1) is 15.3 Å². The molecule has 30 heavy (non-hydrogen) atoms. The van der Waals surface area contributed by atoms with Crippen molar-refractivity contribution in [1.29, 1.82) is 0 Å². The molecule has 5 heterocycles. The molecule has 0 atom stereocenters. The number of hydrogen-bond acceptors (Lipinski definition) is 7. The van der Waals surface area contributed by atoms with Gasteiger partial charge in [0, 0.05) is 37.9 Å². The molecule has 2 aliphatic heterocycles. The summed E-state index contributed by atoms with van der Waals surface area (Å²) in [6.07, 6.45) is 6.12. The lowest BCUT2D eigenvalue weighted by Crippen LogP contribution is -2.42. The fourth-order valence-electron chi connectivity index (χ4n) is 4.21. The summed E-state index contributed by atoms with van der Waals surface area (Å²) in [6.45, 7) is 5.53. The Hall–Kier alpha value is -2.85. The van der Waals surface area contributed by atoms with E-state index < -0.39 is 0 Å². The highest BCUT2D eigenvalue weighted by Crippen LogP contribution is 2.27. The Morgan fingerprint density at radius 1 is 1.07 bits per heavy atom. The molecule has 0 radical (unpaired) electrons. The van der Waals surface area contributed by atoms with E-state index in [1.165, 1.54) is 0 Å². The van der Waals surface area contributed by atoms with Crippen molar-refractivity contribution in [3.05, 3.63) is 36.4 Å². The summed E-state index contributed by atoms with van der Waals surface area (Å²) < 4.78 is 9.00. The van der Waals surface area contributed by atoms with Crippen LogP contribution in [0.4, 0.5) is 0 Å². The van der Waals surface area contributed by atoms with E-state index in [-0.39, 0.29) is 5.91 Å². The normalized spacial score (nSPS) is 19.5. The van der Waals surface area contributed by atoms with Gasteiger partial charge >= 0.3 is 0 Å². The molecule has 2 fully saturated rings. The fourth-order valence-corrected chi connectivity index (χ4v) is 4.21. The monoisotopic (exact) mass is 410 g/mol. The third kappa shape index (κ3) is 3.92. The molecule has 10 heteroatoms. The lowest BCUT2D eigenvalue weighted by molar-refractivity contribution is -0.130. The molecule has 3 aromatic heterocycles. The molecule has 0 aliphatic carbocycles. The minimum absolute atomic E-state index is 0.205. The molecular formula is C20H26N8O2. The molecule has 2 saturated heterocycles. The summed E-state index contributed by atoms with van der Waals surface area (Å²) in [4.78, 5) is 16.5. The molecule has 0 N–H and O–H groups in total. The Morgan fingerprint density at radius 2 is 1.97 bits per heavy atom. The van der Waals surface area contributed by atoms with Crippen LogP contribution in [0.5, 0.6) is 0 Å². The first-order chi connectivity index (χ1) is 14.8. The van der Waals surface area contributed by atoms with E-state index in [1.54, 1.807) is 10.9 Å². The van der Waals surface area contributed by atoms with Gasteiger partial charge in [0.2, 0.25) is 5.91 Å². The van der Waals surface area contributed by atoms with Gasteiger partial charge in [-0.05, 0) is 44.1 Å². The van der Waals surface area contributed by atoms with Crippen LogP contribution in [-0.2, 0) is 9.53 Å². The smallest absolute Gasteiger partial charge is 0.225 e. The van der Waals surface area contributed by atoms with Gasteiger partial charge < -0.3 is 14.5 Å². The van der Waals surface area contributed by atoms with Crippen molar-refractivity contribution in [2.75, 3.05) is 45.9 Å². The van der Waals surface area contributed by atoms with Crippen LogP contribution in [0.15, 0.2) is 30.6 Å². The number of amides is 1. The van der Waals surface area contributed by atoms with E-state index in [0.717, 1.165) is 56.3 Å². The zero-order valence-corrected chi connectivity index (χ0v) is 16.9. The molecule has 3 aromatic rings. The summed E-state index contributed by atoms with van der Waals surface area (Å²) in [5, 5.41) is 17.7. The van der Waals surface area contributed by atoms with Crippen LogP contribution in [0.25, 0.3) is 11.5 Å². The van der Waals surface area contributed by atoms with Crippen molar-refractivity contribution < 1.29 is 9.53 Å². The van der Waals surface area contributed by atoms with Gasteiger partial charge in [0.05, 0.1) is 19.6 Å². The first-order valence-corrected chi connectivity index (χ1v) is 10.6. The minimum atomic E-state index is 0.205. The molecule has 0 bridgehead atoms. The Labute approximate surface area is 174 Å². The number of ether oxygens (including phenoxy) is 1. The van der Waals surface area contributed by atoms with Gasteiger partial charge in [0.1, 0.15) is 0 Å². The molecule has 5 rings (SSSR count). The zero-order valence-electron chi connectivity index (χ0n) is 16.9. The Kier molecular flexibility index (Phi) is 5.41. The summed E-state index contributed by atoms with van der Waals surface area (Å²) in [5.74, 6) is 2.19. The molecule has 10 nitrogen and oxygen atoms in total. The molecule has 2 aliphatic rings. The van der Waals surface area contributed by atoms with E-state index in [4.69, 9.17) is 9.84 Å². The third-order valence-electron chi connectivity index (χ3n) is 5.97. The second-order valence-corrected chi connectivity index (χ2v) is 7.83. The van der Waals surface area contributed by atoms with E-state index in [2.05, 4.69) is 20.2 Å². The molecular weight excluding hydrogens is 384 g/mol. The maximum absolute atomic E-state index is 12.1. The largest absolute Gasteiger partial charge is 0.379 e. The van der Waals surface area contributed by atoms with Crippen molar-refractivity contribution in [2.45, 2.75) is 25.2 Å². The average molecular weight is 410 g/mol. The van der Waals surface area contributed by atoms with Crippen molar-refractivity contribution in [3.63, 3.8) is 0 Å². The SMILES string of the molecule is O=C1CCOCCN1CCN1CCC(c2nnc3ccc(-n4cccn4)nn23)CC1. The van der Waals surface area contributed by atoms with Crippen LogP contribution in [0, 0.1) is 0 Å². The predicted octanol–water partition coefficient (Wildman–Crippen LogP) is 0.738. The Bertz CT molecular complexity index is 994. The lowest BCUT2D eigenvalue weighted by Gasteiger charge is -2.32. The van der Waals surface area contributed by atoms with Gasteiger partial charge in [-0.2, -0.15) is 9.61 Å². The van der Waals surface area contributed by atoms with Crippen molar-refractivity contribution in [1.82, 2.24) is 39.4 Å². The van der Waals surface area contributed by atoms with Crippen molar-refractivity contribution >= 4 is 11.6 Å². The second-order valence-electron chi connectivity index (χ2n) is 7.83. The summed E-state index contributed by atoms with van der Waals surface area (Å²) >= 11 is 0. The maximum atomic E-state index is 12.1. The number of hydrogen-bond donors (Lipinski definition) is 0. The molecule has 0 spiro atoms. The molecule has 1 amide bonds. The van der Waals surface area contributed by atoms with Gasteiger partial charge in [-0.1, -0.05) is 0 Å². The van der Waals surface area contributed by atoms with Crippen LogP contribution in [-0.4, -0.2) is 91.2 Å². The predicted molar refractivity (Wildman–Crippen MR) is 108 cm³/mol. The average Bonchev–Trinajstić information content (AvgIpc) is 3.41. The second kappa shape index (κ2) is 8.49. The highest BCUT2D eigenvalue weighted by molar-refractivity contribution is 5.76. The number of rotatable bonds is 5. The number of carbonyl (C=O) groups is 1. The number of carbonyl (C=O) groups excluding carboxylic acids is 1. The van der Waals surface area contributed by atoms with Crippen LogP contribution >= 0.6 is 0 Å². The highest BCUT2D eigenvalue weighted by atomic mass is 16.5. The summed E-state index contributed by atoms with van der Waals surface area (Å²) in [7, 11) is 0. The molecule has 158 valence electrons. The quantitative estimate of drug-likeness (QED) is 0.612. The first-order valence-electron chi connectivity index (χ1n) is 10.6. The standard InChI is InChI=1S/C20H26N8O2/c29-19-6-14-30-15-13-26(19)12-11-25-9-4-16(5-10-25)20-23-22-17-2-3-18(24-28(17)20)27-8-1-7-21-27/h1-3,7-8,16H,4-6,9-15H2.